The second kappa shape index (κ2) is 7.75. The van der Waals surface area contributed by atoms with Gasteiger partial charge in [0.2, 0.25) is 5.91 Å². The summed E-state index contributed by atoms with van der Waals surface area (Å²) in [4.78, 5) is 13.7. The number of rotatable bonds is 7. The van der Waals surface area contributed by atoms with Gasteiger partial charge in [0.25, 0.3) is 0 Å². The second-order valence-electron chi connectivity index (χ2n) is 5.14. The van der Waals surface area contributed by atoms with Crippen molar-refractivity contribution in [3.05, 3.63) is 23.8 Å². The summed E-state index contributed by atoms with van der Waals surface area (Å²) in [5, 5.41) is 9.53. The Balaban J connectivity index is 2.57. The normalized spacial score (nSPS) is 12.0. The molecule has 0 aromatic heterocycles. The van der Waals surface area contributed by atoms with Crippen LogP contribution >= 0.6 is 0 Å². The van der Waals surface area contributed by atoms with Gasteiger partial charge >= 0.3 is 0 Å². The Kier molecular flexibility index (Phi) is 6.31. The lowest BCUT2D eigenvalue weighted by molar-refractivity contribution is -0.130. The molecule has 0 heterocycles. The summed E-state index contributed by atoms with van der Waals surface area (Å²) in [7, 11) is 3.27. The van der Waals surface area contributed by atoms with Crippen LogP contribution in [-0.2, 0) is 11.3 Å². The van der Waals surface area contributed by atoms with E-state index in [1.54, 1.807) is 30.1 Å². The number of carbonyl (C=O) groups excluding carboxylic acids is 1. The molecule has 0 aliphatic heterocycles. The van der Waals surface area contributed by atoms with E-state index >= 15 is 0 Å². The Morgan fingerprint density at radius 1 is 1.50 bits per heavy atom. The van der Waals surface area contributed by atoms with Crippen molar-refractivity contribution in [1.82, 2.24) is 4.90 Å². The molecule has 0 aliphatic carbocycles. The van der Waals surface area contributed by atoms with E-state index in [2.05, 4.69) is 0 Å². The Hall–Kier alpha value is -1.75. The van der Waals surface area contributed by atoms with Gasteiger partial charge in [-0.05, 0) is 36.6 Å². The average Bonchev–Trinajstić information content (AvgIpc) is 2.46. The number of phenolic OH excluding ortho intramolecular Hbond substituents is 1. The summed E-state index contributed by atoms with van der Waals surface area (Å²) in [6.07, 6.45) is 1.31. The number of amides is 1. The van der Waals surface area contributed by atoms with Gasteiger partial charge in [-0.3, -0.25) is 4.79 Å². The number of benzene rings is 1. The predicted octanol–water partition coefficient (Wildman–Crippen LogP) is 1.73. The number of phenols is 1. The van der Waals surface area contributed by atoms with Crippen LogP contribution in [0.5, 0.6) is 11.5 Å². The van der Waals surface area contributed by atoms with Gasteiger partial charge in [0.15, 0.2) is 11.5 Å². The van der Waals surface area contributed by atoms with Crippen molar-refractivity contribution in [2.45, 2.75) is 26.3 Å². The maximum Gasteiger partial charge on any atom is 0.222 e. The smallest absolute Gasteiger partial charge is 0.222 e. The molecule has 1 unspecified atom stereocenters. The van der Waals surface area contributed by atoms with Crippen molar-refractivity contribution in [3.63, 3.8) is 0 Å². The molecule has 0 saturated carbocycles. The third-order valence-corrected chi connectivity index (χ3v) is 3.34. The zero-order chi connectivity index (χ0) is 15.1. The highest BCUT2D eigenvalue weighted by molar-refractivity contribution is 5.75. The van der Waals surface area contributed by atoms with Crippen LogP contribution < -0.4 is 10.5 Å². The predicted molar refractivity (Wildman–Crippen MR) is 78.6 cm³/mol. The zero-order valence-electron chi connectivity index (χ0n) is 12.4. The number of hydrogen-bond acceptors (Lipinski definition) is 4. The average molecular weight is 280 g/mol. The first-order chi connectivity index (χ1) is 9.47. The van der Waals surface area contributed by atoms with Gasteiger partial charge < -0.3 is 20.5 Å². The first kappa shape index (κ1) is 16.3. The van der Waals surface area contributed by atoms with E-state index in [0.717, 1.165) is 12.0 Å². The molecule has 112 valence electrons. The fraction of sp³-hybridized carbons (Fsp3) is 0.533. The fourth-order valence-electron chi connectivity index (χ4n) is 1.86. The minimum atomic E-state index is 0.0948. The third-order valence-electron chi connectivity index (χ3n) is 3.34. The number of carbonyl (C=O) groups is 1. The van der Waals surface area contributed by atoms with Gasteiger partial charge in [0.1, 0.15) is 0 Å². The summed E-state index contributed by atoms with van der Waals surface area (Å²) in [5.41, 5.74) is 6.46. The molecule has 20 heavy (non-hydrogen) atoms. The summed E-state index contributed by atoms with van der Waals surface area (Å²) in [6, 6.07) is 5.09. The Bertz CT molecular complexity index is 449. The van der Waals surface area contributed by atoms with Gasteiger partial charge in [0, 0.05) is 20.0 Å². The summed E-state index contributed by atoms with van der Waals surface area (Å²) in [6.45, 7) is 3.14. The number of aromatic hydroxyl groups is 1. The van der Waals surface area contributed by atoms with E-state index in [0.29, 0.717) is 31.2 Å². The molecule has 1 amide bonds. The van der Waals surface area contributed by atoms with Gasteiger partial charge in [-0.25, -0.2) is 0 Å². The topological polar surface area (TPSA) is 75.8 Å². The van der Waals surface area contributed by atoms with E-state index < -0.39 is 0 Å². The van der Waals surface area contributed by atoms with Crippen LogP contribution in [0.3, 0.4) is 0 Å². The van der Waals surface area contributed by atoms with Gasteiger partial charge in [0.05, 0.1) is 7.11 Å². The van der Waals surface area contributed by atoms with Crippen molar-refractivity contribution in [2.24, 2.45) is 11.7 Å². The van der Waals surface area contributed by atoms with Crippen LogP contribution in [-0.4, -0.2) is 36.6 Å². The summed E-state index contributed by atoms with van der Waals surface area (Å²) >= 11 is 0. The molecular weight excluding hydrogens is 256 g/mol. The fourth-order valence-corrected chi connectivity index (χ4v) is 1.86. The van der Waals surface area contributed by atoms with Crippen molar-refractivity contribution < 1.29 is 14.6 Å². The first-order valence-electron chi connectivity index (χ1n) is 6.77. The zero-order valence-corrected chi connectivity index (χ0v) is 12.4. The quantitative estimate of drug-likeness (QED) is 0.797. The maximum absolute atomic E-state index is 12.0. The standard InChI is InChI=1S/C15H24N2O3/c1-11(9-16)4-7-15(19)17(2)10-12-5-6-13(18)14(8-12)20-3/h5-6,8,11,18H,4,7,9-10,16H2,1-3H3. The molecule has 0 spiro atoms. The van der Waals surface area contributed by atoms with Crippen LogP contribution in [0.1, 0.15) is 25.3 Å². The van der Waals surface area contributed by atoms with Crippen molar-refractivity contribution in [1.29, 1.82) is 0 Å². The molecule has 0 saturated heterocycles. The molecule has 5 nitrogen and oxygen atoms in total. The molecule has 0 aliphatic rings. The lowest BCUT2D eigenvalue weighted by atomic mass is 10.1. The molecule has 0 radical (unpaired) electrons. The largest absolute Gasteiger partial charge is 0.504 e. The number of methoxy groups -OCH3 is 1. The molecule has 1 aromatic rings. The SMILES string of the molecule is COc1cc(CN(C)C(=O)CCC(C)CN)ccc1O. The highest BCUT2D eigenvalue weighted by Gasteiger charge is 2.12. The van der Waals surface area contributed by atoms with Crippen molar-refractivity contribution >= 4 is 5.91 Å². The van der Waals surface area contributed by atoms with E-state index in [9.17, 15) is 9.90 Å². The number of nitrogens with zero attached hydrogens (tertiary/aromatic N) is 1. The molecule has 1 rings (SSSR count). The Labute approximate surface area is 120 Å². The summed E-state index contributed by atoms with van der Waals surface area (Å²) in [5.74, 6) is 0.973. The summed E-state index contributed by atoms with van der Waals surface area (Å²) < 4.78 is 5.05. The molecule has 3 N–H and O–H groups in total. The van der Waals surface area contributed by atoms with Crippen LogP contribution in [0.4, 0.5) is 0 Å². The number of nitrogens with two attached hydrogens (primary N) is 1. The van der Waals surface area contributed by atoms with Crippen LogP contribution in [0.2, 0.25) is 0 Å². The highest BCUT2D eigenvalue weighted by Crippen LogP contribution is 2.26. The van der Waals surface area contributed by atoms with Gasteiger partial charge in [-0.2, -0.15) is 0 Å². The van der Waals surface area contributed by atoms with Gasteiger partial charge in [-0.15, -0.1) is 0 Å². The highest BCUT2D eigenvalue weighted by atomic mass is 16.5. The third kappa shape index (κ3) is 4.74. The monoisotopic (exact) mass is 280 g/mol. The molecule has 0 bridgehead atoms. The minimum Gasteiger partial charge on any atom is -0.504 e. The number of ether oxygens (including phenoxy) is 1. The lowest BCUT2D eigenvalue weighted by Crippen LogP contribution is -2.26. The first-order valence-corrected chi connectivity index (χ1v) is 6.77. The van der Waals surface area contributed by atoms with Crippen LogP contribution in [0, 0.1) is 5.92 Å². The molecule has 1 aromatic carbocycles. The van der Waals surface area contributed by atoms with E-state index in [1.807, 2.05) is 6.92 Å². The Morgan fingerprint density at radius 3 is 2.80 bits per heavy atom. The van der Waals surface area contributed by atoms with Crippen LogP contribution in [0.15, 0.2) is 18.2 Å². The van der Waals surface area contributed by atoms with Crippen molar-refractivity contribution in [2.75, 3.05) is 20.7 Å². The number of hydrogen-bond donors (Lipinski definition) is 2. The van der Waals surface area contributed by atoms with E-state index in [4.69, 9.17) is 10.5 Å². The van der Waals surface area contributed by atoms with E-state index in [1.165, 1.54) is 7.11 Å². The molecule has 5 heteroatoms. The van der Waals surface area contributed by atoms with Crippen LogP contribution in [0.25, 0.3) is 0 Å². The van der Waals surface area contributed by atoms with Crippen molar-refractivity contribution in [3.8, 4) is 11.5 Å². The molecule has 1 atom stereocenters. The molecule has 0 fully saturated rings. The minimum absolute atomic E-state index is 0.0948. The van der Waals surface area contributed by atoms with E-state index in [-0.39, 0.29) is 11.7 Å². The maximum atomic E-state index is 12.0. The Morgan fingerprint density at radius 2 is 2.20 bits per heavy atom. The second-order valence-corrected chi connectivity index (χ2v) is 5.14. The van der Waals surface area contributed by atoms with Gasteiger partial charge in [-0.1, -0.05) is 13.0 Å². The lowest BCUT2D eigenvalue weighted by Gasteiger charge is -2.19. The molecular formula is C15H24N2O3.